The zero-order chi connectivity index (χ0) is 29.4. The van der Waals surface area contributed by atoms with Crippen LogP contribution in [0, 0.1) is 6.92 Å². The summed E-state index contributed by atoms with van der Waals surface area (Å²) in [6.45, 7) is 3.27. The zero-order valence-corrected chi connectivity index (χ0v) is 25.2. The largest absolute Gasteiger partial charge is 0.352 e. The molecule has 1 unspecified atom stereocenters. The van der Waals surface area contributed by atoms with Crippen molar-refractivity contribution in [1.82, 2.24) is 10.2 Å². The van der Waals surface area contributed by atoms with Crippen molar-refractivity contribution < 1.29 is 18.0 Å². The Kier molecular flexibility index (Phi) is 10.5. The van der Waals surface area contributed by atoms with Gasteiger partial charge in [0.05, 0.1) is 10.6 Å². The van der Waals surface area contributed by atoms with E-state index in [0.717, 1.165) is 42.0 Å². The van der Waals surface area contributed by atoms with E-state index >= 15 is 0 Å². The molecule has 0 radical (unpaired) electrons. The van der Waals surface area contributed by atoms with E-state index in [1.807, 2.05) is 30.3 Å². The molecule has 1 fully saturated rings. The molecular formula is C32H38ClN3O4S. The van der Waals surface area contributed by atoms with Crippen LogP contribution < -0.4 is 9.62 Å². The molecule has 41 heavy (non-hydrogen) atoms. The number of nitrogens with zero attached hydrogens (tertiary/aromatic N) is 2. The SMILES string of the molecule is Cc1ccc(Cl)cc1N(CC(=O)N(CCc1ccccc1)C(C)C(=O)NC1CCCCC1)S(=O)(=O)c1ccccc1. The van der Waals surface area contributed by atoms with Crippen LogP contribution in [0.1, 0.15) is 50.2 Å². The number of hydrogen-bond donors (Lipinski definition) is 1. The smallest absolute Gasteiger partial charge is 0.264 e. The molecule has 9 heteroatoms. The Morgan fingerprint density at radius 3 is 2.24 bits per heavy atom. The van der Waals surface area contributed by atoms with Crippen molar-refractivity contribution in [3.63, 3.8) is 0 Å². The second kappa shape index (κ2) is 14.0. The first-order valence-corrected chi connectivity index (χ1v) is 16.0. The number of benzene rings is 3. The molecule has 0 spiro atoms. The summed E-state index contributed by atoms with van der Waals surface area (Å²) >= 11 is 6.29. The molecular weight excluding hydrogens is 558 g/mol. The standard InChI is InChI=1S/C32H38ClN3O4S/c1-24-18-19-27(33)22-30(24)36(41(39,40)29-16-10-5-11-17-29)23-31(37)35(21-20-26-12-6-3-7-13-26)25(2)32(38)34-28-14-8-4-9-15-28/h3,5-7,10-13,16-19,22,25,28H,4,8-9,14-15,20-21,23H2,1-2H3,(H,34,38). The highest BCUT2D eigenvalue weighted by Crippen LogP contribution is 2.30. The first-order chi connectivity index (χ1) is 19.7. The monoisotopic (exact) mass is 595 g/mol. The molecule has 0 heterocycles. The molecule has 4 rings (SSSR count). The van der Waals surface area contributed by atoms with Crippen molar-refractivity contribution in [1.29, 1.82) is 0 Å². The van der Waals surface area contributed by atoms with Crippen LogP contribution in [0.5, 0.6) is 0 Å². The molecule has 1 aliphatic carbocycles. The van der Waals surface area contributed by atoms with Gasteiger partial charge in [0.1, 0.15) is 12.6 Å². The fourth-order valence-corrected chi connectivity index (χ4v) is 6.88. The van der Waals surface area contributed by atoms with Gasteiger partial charge in [0.15, 0.2) is 0 Å². The Balaban J connectivity index is 1.65. The van der Waals surface area contributed by atoms with E-state index in [1.54, 1.807) is 50.2 Å². The summed E-state index contributed by atoms with van der Waals surface area (Å²) in [5.41, 5.74) is 1.99. The summed E-state index contributed by atoms with van der Waals surface area (Å²) in [5, 5.41) is 3.48. The van der Waals surface area contributed by atoms with Crippen molar-refractivity contribution >= 4 is 39.1 Å². The average Bonchev–Trinajstić information content (AvgIpc) is 2.98. The summed E-state index contributed by atoms with van der Waals surface area (Å²) in [6.07, 6.45) is 5.68. The van der Waals surface area contributed by atoms with Gasteiger partial charge in [-0.15, -0.1) is 0 Å². The number of aryl methyl sites for hydroxylation is 1. The first-order valence-electron chi connectivity index (χ1n) is 14.1. The summed E-state index contributed by atoms with van der Waals surface area (Å²) in [5.74, 6) is -0.694. The Bertz CT molecular complexity index is 1430. The molecule has 0 aliphatic heterocycles. The highest BCUT2D eigenvalue weighted by Gasteiger charge is 2.33. The van der Waals surface area contributed by atoms with E-state index in [-0.39, 0.29) is 23.4 Å². The predicted molar refractivity (Wildman–Crippen MR) is 163 cm³/mol. The highest BCUT2D eigenvalue weighted by molar-refractivity contribution is 7.92. The van der Waals surface area contributed by atoms with E-state index in [2.05, 4.69) is 5.32 Å². The Labute approximate surface area is 248 Å². The minimum Gasteiger partial charge on any atom is -0.352 e. The first kappa shape index (κ1) is 30.6. The average molecular weight is 596 g/mol. The summed E-state index contributed by atoms with van der Waals surface area (Å²) < 4.78 is 29.0. The molecule has 0 aromatic heterocycles. The Morgan fingerprint density at radius 1 is 0.951 bits per heavy atom. The number of carbonyl (C=O) groups excluding carboxylic acids is 2. The number of nitrogens with one attached hydrogen (secondary N) is 1. The normalized spacial score (nSPS) is 14.7. The molecule has 1 saturated carbocycles. The number of amides is 2. The molecule has 0 bridgehead atoms. The minimum atomic E-state index is -4.13. The van der Waals surface area contributed by atoms with Gasteiger partial charge in [-0.05, 0) is 68.5 Å². The van der Waals surface area contributed by atoms with Crippen molar-refractivity contribution in [3.8, 4) is 0 Å². The number of carbonyl (C=O) groups is 2. The fraction of sp³-hybridized carbons (Fsp3) is 0.375. The number of hydrogen-bond acceptors (Lipinski definition) is 4. The highest BCUT2D eigenvalue weighted by atomic mass is 35.5. The number of sulfonamides is 1. The maximum absolute atomic E-state index is 14.1. The van der Waals surface area contributed by atoms with Crippen LogP contribution in [0.25, 0.3) is 0 Å². The minimum absolute atomic E-state index is 0.0612. The molecule has 1 atom stereocenters. The van der Waals surface area contributed by atoms with E-state index < -0.39 is 28.5 Å². The van der Waals surface area contributed by atoms with Crippen molar-refractivity contribution in [2.24, 2.45) is 0 Å². The zero-order valence-electron chi connectivity index (χ0n) is 23.6. The number of anilines is 1. The van der Waals surface area contributed by atoms with Crippen molar-refractivity contribution in [2.45, 2.75) is 69.4 Å². The van der Waals surface area contributed by atoms with Gasteiger partial charge in [-0.3, -0.25) is 13.9 Å². The third-order valence-corrected chi connectivity index (χ3v) is 9.66. The lowest BCUT2D eigenvalue weighted by atomic mass is 9.95. The van der Waals surface area contributed by atoms with Gasteiger partial charge < -0.3 is 10.2 Å². The maximum atomic E-state index is 14.1. The maximum Gasteiger partial charge on any atom is 0.264 e. The molecule has 1 aliphatic rings. The molecule has 1 N–H and O–H groups in total. The molecule has 2 amide bonds. The third kappa shape index (κ3) is 7.89. The Hall–Kier alpha value is -3.36. The van der Waals surface area contributed by atoms with Gasteiger partial charge in [0, 0.05) is 17.6 Å². The quantitative estimate of drug-likeness (QED) is 0.306. The van der Waals surface area contributed by atoms with Gasteiger partial charge in [-0.25, -0.2) is 8.42 Å². The molecule has 3 aromatic rings. The Morgan fingerprint density at radius 2 is 1.59 bits per heavy atom. The van der Waals surface area contributed by atoms with Crippen LogP contribution in [0.2, 0.25) is 5.02 Å². The third-order valence-electron chi connectivity index (χ3n) is 7.65. The lowest BCUT2D eigenvalue weighted by Crippen LogP contribution is -2.53. The second-order valence-corrected chi connectivity index (χ2v) is 12.9. The summed E-state index contributed by atoms with van der Waals surface area (Å²) in [7, 11) is -4.13. The van der Waals surface area contributed by atoms with Crippen LogP contribution in [0.4, 0.5) is 5.69 Å². The van der Waals surface area contributed by atoms with Crippen LogP contribution in [0.15, 0.2) is 83.8 Å². The van der Waals surface area contributed by atoms with E-state index in [1.165, 1.54) is 17.0 Å². The second-order valence-electron chi connectivity index (χ2n) is 10.6. The lowest BCUT2D eigenvalue weighted by molar-refractivity contribution is -0.139. The van der Waals surface area contributed by atoms with Crippen molar-refractivity contribution in [3.05, 3.63) is 95.0 Å². The summed E-state index contributed by atoms with van der Waals surface area (Å²) in [4.78, 5) is 29.0. The van der Waals surface area contributed by atoms with Gasteiger partial charge in [0.25, 0.3) is 10.0 Å². The van der Waals surface area contributed by atoms with E-state index in [4.69, 9.17) is 11.6 Å². The van der Waals surface area contributed by atoms with Gasteiger partial charge in [-0.1, -0.05) is 85.5 Å². The van der Waals surface area contributed by atoms with E-state index in [0.29, 0.717) is 22.7 Å². The number of rotatable bonds is 11. The predicted octanol–water partition coefficient (Wildman–Crippen LogP) is 5.75. The van der Waals surface area contributed by atoms with Gasteiger partial charge >= 0.3 is 0 Å². The molecule has 0 saturated heterocycles. The summed E-state index contributed by atoms with van der Waals surface area (Å²) in [6, 6.07) is 22.0. The van der Waals surface area contributed by atoms with Crippen LogP contribution >= 0.6 is 11.6 Å². The molecule has 3 aromatic carbocycles. The van der Waals surface area contributed by atoms with Crippen LogP contribution in [0.3, 0.4) is 0 Å². The van der Waals surface area contributed by atoms with Gasteiger partial charge in [0.2, 0.25) is 11.8 Å². The van der Waals surface area contributed by atoms with Crippen LogP contribution in [-0.4, -0.2) is 50.3 Å². The lowest BCUT2D eigenvalue weighted by Gasteiger charge is -2.33. The molecule has 218 valence electrons. The van der Waals surface area contributed by atoms with Crippen LogP contribution in [-0.2, 0) is 26.0 Å². The van der Waals surface area contributed by atoms with Crippen molar-refractivity contribution in [2.75, 3.05) is 17.4 Å². The fourth-order valence-electron chi connectivity index (χ4n) is 5.22. The van der Waals surface area contributed by atoms with E-state index in [9.17, 15) is 18.0 Å². The van der Waals surface area contributed by atoms with Gasteiger partial charge in [-0.2, -0.15) is 0 Å². The number of halogens is 1. The topological polar surface area (TPSA) is 86.8 Å². The molecule has 7 nitrogen and oxygen atoms in total.